The van der Waals surface area contributed by atoms with E-state index in [-0.39, 0.29) is 11.9 Å². The van der Waals surface area contributed by atoms with Crippen molar-refractivity contribution in [1.82, 2.24) is 19.5 Å². The van der Waals surface area contributed by atoms with Gasteiger partial charge in [0.2, 0.25) is 5.28 Å². The molecule has 1 saturated heterocycles. The summed E-state index contributed by atoms with van der Waals surface area (Å²) in [4.78, 5) is 12.8. The van der Waals surface area contributed by atoms with Gasteiger partial charge in [-0.3, -0.25) is 4.57 Å². The molecule has 2 aromatic heterocycles. The topological polar surface area (TPSA) is 85.1 Å². The van der Waals surface area contributed by atoms with Crippen LogP contribution in [0.2, 0.25) is 5.28 Å². The van der Waals surface area contributed by atoms with Crippen LogP contribution in [0.4, 0.5) is 5.82 Å². The van der Waals surface area contributed by atoms with Crippen molar-refractivity contribution >= 4 is 28.6 Å². The molecule has 0 saturated carbocycles. The van der Waals surface area contributed by atoms with Gasteiger partial charge in [-0.1, -0.05) is 30.3 Å². The fourth-order valence-corrected chi connectivity index (χ4v) is 2.90. The van der Waals surface area contributed by atoms with Crippen LogP contribution in [0.25, 0.3) is 11.2 Å². The Morgan fingerprint density at radius 2 is 2.16 bits per heavy atom. The van der Waals surface area contributed by atoms with E-state index in [0.717, 1.165) is 5.56 Å². The lowest BCUT2D eigenvalue weighted by molar-refractivity contribution is -0.0207. The summed E-state index contributed by atoms with van der Waals surface area (Å²) in [7, 11) is 0. The van der Waals surface area contributed by atoms with Crippen LogP contribution in [0.3, 0.4) is 0 Å². The lowest BCUT2D eigenvalue weighted by atomic mass is 10.2. The van der Waals surface area contributed by atoms with Crippen LogP contribution < -0.4 is 5.32 Å². The number of benzene rings is 1. The third-order valence-corrected chi connectivity index (χ3v) is 4.12. The van der Waals surface area contributed by atoms with E-state index >= 15 is 0 Å². The molecule has 1 aliphatic rings. The molecule has 0 spiro atoms. The first-order valence-electron chi connectivity index (χ1n) is 9.02. The normalized spacial score (nSPS) is 27.3. The lowest BCUT2D eigenvalue weighted by Crippen LogP contribution is -2.14. The highest BCUT2D eigenvalue weighted by Gasteiger charge is 2.28. The molecule has 3 heterocycles. The highest BCUT2D eigenvalue weighted by atomic mass is 35.5. The van der Waals surface area contributed by atoms with E-state index in [1.807, 2.05) is 30.3 Å². The smallest absolute Gasteiger partial charge is 0.226 e. The van der Waals surface area contributed by atoms with Crippen molar-refractivity contribution in [2.24, 2.45) is 0 Å². The van der Waals surface area contributed by atoms with Crippen LogP contribution >= 0.6 is 11.6 Å². The molecule has 1 aliphatic heterocycles. The quantitative estimate of drug-likeness (QED) is 0.680. The molecule has 0 radical (unpaired) electrons. The van der Waals surface area contributed by atoms with E-state index in [9.17, 15) is 5.11 Å². The molecule has 2 N–H and O–H groups in total. The Hall–Kier alpha value is -2.22. The highest BCUT2D eigenvalue weighted by Crippen LogP contribution is 2.31. The SMILES string of the molecule is [2H][C@@H]1[C@@H]([2H])[C@H](n2cnc3c(NCc4ccccc4)nc(Cl)nc32)O[C@H]1CO. The number of rotatable bonds is 5. The zero-order chi connectivity index (χ0) is 19.0. The maximum atomic E-state index is 9.34. The van der Waals surface area contributed by atoms with Crippen LogP contribution in [-0.2, 0) is 11.3 Å². The number of imidazole rings is 1. The Morgan fingerprint density at radius 3 is 2.92 bits per heavy atom. The number of nitrogens with zero attached hydrogens (tertiary/aromatic N) is 4. The van der Waals surface area contributed by atoms with Crippen molar-refractivity contribution in [2.45, 2.75) is 31.7 Å². The third-order valence-electron chi connectivity index (χ3n) is 3.96. The minimum atomic E-state index is -0.881. The van der Waals surface area contributed by atoms with Crippen molar-refractivity contribution in [2.75, 3.05) is 11.9 Å². The minimum absolute atomic E-state index is 0.0421. The van der Waals surface area contributed by atoms with E-state index in [1.165, 1.54) is 6.33 Å². The van der Waals surface area contributed by atoms with E-state index in [2.05, 4.69) is 20.3 Å². The molecule has 7 nitrogen and oxygen atoms in total. The van der Waals surface area contributed by atoms with Crippen molar-refractivity contribution in [3.05, 3.63) is 47.5 Å². The number of aliphatic hydroxyl groups is 1. The molecule has 0 aliphatic carbocycles. The number of ether oxygens (including phenoxy) is 1. The van der Waals surface area contributed by atoms with Crippen LogP contribution in [-0.4, -0.2) is 37.3 Å². The van der Waals surface area contributed by atoms with Gasteiger partial charge in [-0.15, -0.1) is 0 Å². The average Bonchev–Trinajstić information content (AvgIpc) is 3.22. The number of anilines is 1. The van der Waals surface area contributed by atoms with E-state index in [4.69, 9.17) is 19.1 Å². The summed E-state index contributed by atoms with van der Waals surface area (Å²) in [6.45, 7) is 0.227. The van der Waals surface area contributed by atoms with Crippen molar-refractivity contribution in [3.63, 3.8) is 0 Å². The summed E-state index contributed by atoms with van der Waals surface area (Å²) in [5.74, 6) is 0.480. The number of nitrogens with one attached hydrogen (secondary N) is 1. The van der Waals surface area contributed by atoms with Crippen LogP contribution in [0.5, 0.6) is 0 Å². The van der Waals surface area contributed by atoms with Gasteiger partial charge in [0.25, 0.3) is 0 Å². The fraction of sp³-hybridized carbons (Fsp3) is 0.353. The number of fused-ring (bicyclic) bond motifs is 1. The van der Waals surface area contributed by atoms with E-state index in [0.29, 0.717) is 23.5 Å². The van der Waals surface area contributed by atoms with Gasteiger partial charge < -0.3 is 15.2 Å². The second-order valence-corrected chi connectivity index (χ2v) is 5.98. The predicted molar refractivity (Wildman–Crippen MR) is 94.3 cm³/mol. The third kappa shape index (κ3) is 3.30. The van der Waals surface area contributed by atoms with Gasteiger partial charge in [-0.25, -0.2) is 4.98 Å². The summed E-state index contributed by atoms with van der Waals surface area (Å²) < 4.78 is 23.5. The van der Waals surface area contributed by atoms with E-state index in [1.54, 1.807) is 4.57 Å². The summed E-state index contributed by atoms with van der Waals surface area (Å²) in [5.41, 5.74) is 1.99. The fourth-order valence-electron chi connectivity index (χ4n) is 2.73. The van der Waals surface area contributed by atoms with Gasteiger partial charge in [0.1, 0.15) is 6.23 Å². The number of aliphatic hydroxyl groups excluding tert-OH is 1. The maximum Gasteiger partial charge on any atom is 0.226 e. The largest absolute Gasteiger partial charge is 0.394 e. The predicted octanol–water partition coefficient (Wildman–Crippen LogP) is 2.76. The van der Waals surface area contributed by atoms with Crippen molar-refractivity contribution in [1.29, 1.82) is 0 Å². The van der Waals surface area contributed by atoms with Crippen LogP contribution in [0.1, 0.15) is 27.3 Å². The highest BCUT2D eigenvalue weighted by molar-refractivity contribution is 6.28. The molecular weight excluding hydrogens is 342 g/mol. The van der Waals surface area contributed by atoms with Gasteiger partial charge in [0.05, 0.1) is 19.0 Å². The van der Waals surface area contributed by atoms with Crippen LogP contribution in [0, 0.1) is 0 Å². The first-order chi connectivity index (χ1) is 13.1. The average molecular weight is 362 g/mol. The second kappa shape index (κ2) is 6.95. The van der Waals surface area contributed by atoms with Gasteiger partial charge in [-0.05, 0) is 30.0 Å². The molecule has 3 aromatic rings. The number of hydrogen-bond donors (Lipinski definition) is 2. The Labute approximate surface area is 152 Å². The molecule has 0 unspecified atom stereocenters. The van der Waals surface area contributed by atoms with E-state index < -0.39 is 25.1 Å². The minimum Gasteiger partial charge on any atom is -0.394 e. The summed E-state index contributed by atoms with van der Waals surface area (Å²) >= 11 is 6.09. The molecule has 130 valence electrons. The molecule has 4 atom stereocenters. The summed E-state index contributed by atoms with van der Waals surface area (Å²) in [5, 5.41) is 12.6. The zero-order valence-electron chi connectivity index (χ0n) is 15.2. The Kier molecular flexibility index (Phi) is 3.89. The van der Waals surface area contributed by atoms with Gasteiger partial charge >= 0.3 is 0 Å². The number of hydrogen-bond acceptors (Lipinski definition) is 6. The Bertz CT molecular complexity index is 942. The lowest BCUT2D eigenvalue weighted by Gasteiger charge is -2.14. The van der Waals surface area contributed by atoms with Crippen molar-refractivity contribution < 1.29 is 12.6 Å². The number of aromatic nitrogens is 4. The standard InChI is InChI=1S/C17H18ClN5O2/c18-17-21-15(19-8-11-4-2-1-3-5-11)14-16(22-17)23(10-20-14)13-7-6-12(9-24)25-13/h1-5,10,12-13,24H,6-9H2,(H,19,21,22)/t12-,13-/m1/s1/i6D,7D/t6-,7-,12-,13-. The molecule has 0 amide bonds. The molecule has 8 heteroatoms. The molecule has 4 rings (SSSR count). The molecule has 0 bridgehead atoms. The van der Waals surface area contributed by atoms with Crippen molar-refractivity contribution in [3.8, 4) is 0 Å². The van der Waals surface area contributed by atoms with Gasteiger partial charge in [0.15, 0.2) is 17.0 Å². The molecule has 1 fully saturated rings. The molecule has 25 heavy (non-hydrogen) atoms. The number of halogens is 1. The maximum absolute atomic E-state index is 9.34. The second-order valence-electron chi connectivity index (χ2n) is 5.64. The summed E-state index contributed by atoms with van der Waals surface area (Å²) in [6.07, 6.45) is -1.73. The summed E-state index contributed by atoms with van der Waals surface area (Å²) in [6, 6.07) is 9.84. The first-order valence-corrected chi connectivity index (χ1v) is 8.25. The van der Waals surface area contributed by atoms with Gasteiger partial charge in [-0.2, -0.15) is 9.97 Å². The molecule has 1 aromatic carbocycles. The Balaban J connectivity index is 1.66. The van der Waals surface area contributed by atoms with Gasteiger partial charge in [0, 0.05) is 9.29 Å². The van der Waals surface area contributed by atoms with Crippen LogP contribution in [0.15, 0.2) is 36.7 Å². The first kappa shape index (κ1) is 14.0. The monoisotopic (exact) mass is 361 g/mol. The zero-order valence-corrected chi connectivity index (χ0v) is 14.0. The molecular formula is C17H18ClN5O2. The Morgan fingerprint density at radius 1 is 1.32 bits per heavy atom.